The molecule has 1 fully saturated rings. The number of nitrogens with one attached hydrogen (secondary N) is 1. The third-order valence-electron chi connectivity index (χ3n) is 6.11. The van der Waals surface area contributed by atoms with Crippen LogP contribution < -0.4 is 10.1 Å². The van der Waals surface area contributed by atoms with E-state index in [0.717, 1.165) is 35.2 Å². The largest absolute Gasteiger partial charge is 0.487 e. The Morgan fingerprint density at radius 2 is 1.97 bits per heavy atom. The second-order valence-corrected chi connectivity index (χ2v) is 10.1. The number of hydrogen-bond donors (Lipinski definition) is 2. The first kappa shape index (κ1) is 23.7. The number of carbonyl (C=O) groups excluding carboxylic acids is 1. The molecule has 5 heteroatoms. The highest BCUT2D eigenvalue weighted by atomic mass is 16.5. The summed E-state index contributed by atoms with van der Waals surface area (Å²) < 4.78 is 6.85. The van der Waals surface area contributed by atoms with Crippen molar-refractivity contribution in [2.75, 3.05) is 40.8 Å². The number of aliphatic hydroxyl groups is 1. The third kappa shape index (κ3) is 6.71. The first-order chi connectivity index (χ1) is 13.5. The molecule has 1 aromatic rings. The van der Waals surface area contributed by atoms with Crippen molar-refractivity contribution in [3.05, 3.63) is 29.8 Å². The topological polar surface area (TPSA) is 58.6 Å². The SMILES string of the molecule is CC(C)[C@@H]1CC[C@@H](C)C[C@@]1(O)C(=O)NCCc1ccccc1OCC[N+](C)(C)C. The highest BCUT2D eigenvalue weighted by Gasteiger charge is 2.48. The lowest BCUT2D eigenvalue weighted by Gasteiger charge is -2.43. The van der Waals surface area contributed by atoms with Gasteiger partial charge in [0.1, 0.15) is 24.5 Å². The van der Waals surface area contributed by atoms with Crippen LogP contribution in [0.5, 0.6) is 5.75 Å². The van der Waals surface area contributed by atoms with Gasteiger partial charge in [-0.1, -0.05) is 45.4 Å². The minimum absolute atomic E-state index is 0.0184. The van der Waals surface area contributed by atoms with E-state index in [0.29, 0.717) is 31.9 Å². The first-order valence-electron chi connectivity index (χ1n) is 11.0. The molecule has 0 aliphatic heterocycles. The zero-order valence-corrected chi connectivity index (χ0v) is 19.2. The Hall–Kier alpha value is -1.59. The molecule has 0 saturated heterocycles. The first-order valence-corrected chi connectivity index (χ1v) is 11.0. The molecule has 0 unspecified atom stereocenters. The van der Waals surface area contributed by atoms with Crippen molar-refractivity contribution in [1.82, 2.24) is 5.32 Å². The van der Waals surface area contributed by atoms with E-state index in [1.54, 1.807) is 0 Å². The fraction of sp³-hybridized carbons (Fsp3) is 0.708. The minimum Gasteiger partial charge on any atom is -0.487 e. The van der Waals surface area contributed by atoms with Gasteiger partial charge in [0, 0.05) is 6.54 Å². The number of benzene rings is 1. The fourth-order valence-electron chi connectivity index (χ4n) is 4.38. The van der Waals surface area contributed by atoms with Crippen molar-refractivity contribution in [3.8, 4) is 5.75 Å². The van der Waals surface area contributed by atoms with Gasteiger partial charge in [-0.05, 0) is 48.6 Å². The van der Waals surface area contributed by atoms with Gasteiger partial charge < -0.3 is 19.6 Å². The number of nitrogens with zero attached hydrogens (tertiary/aromatic N) is 1. The molecule has 1 aliphatic rings. The van der Waals surface area contributed by atoms with Crippen LogP contribution in [0.4, 0.5) is 0 Å². The molecule has 0 bridgehead atoms. The summed E-state index contributed by atoms with van der Waals surface area (Å²) in [7, 11) is 6.43. The van der Waals surface area contributed by atoms with Crippen molar-refractivity contribution in [1.29, 1.82) is 0 Å². The minimum atomic E-state index is -1.26. The van der Waals surface area contributed by atoms with Crippen LogP contribution in [0.2, 0.25) is 0 Å². The van der Waals surface area contributed by atoms with Crippen LogP contribution in [-0.2, 0) is 11.2 Å². The highest BCUT2D eigenvalue weighted by Crippen LogP contribution is 2.41. The standard InChI is InChI=1S/C24H40N2O3/c1-18(2)21-12-11-19(3)17-24(21,28)23(27)25-14-13-20-9-7-8-10-22(20)29-16-15-26(4,5)6/h7-10,18-19,21,28H,11-17H2,1-6H3/p+1/t19-,21+,24+/m1/s1. The van der Waals surface area contributed by atoms with E-state index in [2.05, 4.69) is 47.2 Å². The fourth-order valence-corrected chi connectivity index (χ4v) is 4.38. The van der Waals surface area contributed by atoms with Crippen LogP contribution in [0.1, 0.15) is 45.6 Å². The lowest BCUT2D eigenvalue weighted by Crippen LogP contribution is -2.56. The number of amides is 1. The number of ether oxygens (including phenoxy) is 1. The summed E-state index contributed by atoms with van der Waals surface area (Å²) >= 11 is 0. The maximum atomic E-state index is 12.9. The number of para-hydroxylation sites is 1. The molecule has 1 aliphatic carbocycles. The third-order valence-corrected chi connectivity index (χ3v) is 6.11. The summed E-state index contributed by atoms with van der Waals surface area (Å²) in [4.78, 5) is 12.9. The maximum Gasteiger partial charge on any atom is 0.252 e. The Balaban J connectivity index is 1.94. The molecule has 164 valence electrons. The molecule has 5 nitrogen and oxygen atoms in total. The molecule has 0 heterocycles. The van der Waals surface area contributed by atoms with Crippen LogP contribution in [0.15, 0.2) is 24.3 Å². The monoisotopic (exact) mass is 405 g/mol. The Labute approximate surface area is 177 Å². The average molecular weight is 406 g/mol. The van der Waals surface area contributed by atoms with Gasteiger partial charge in [0.15, 0.2) is 0 Å². The summed E-state index contributed by atoms with van der Waals surface area (Å²) in [5.41, 5.74) is -0.175. The Bertz CT molecular complexity index is 668. The van der Waals surface area contributed by atoms with Crippen molar-refractivity contribution in [3.63, 3.8) is 0 Å². The smallest absolute Gasteiger partial charge is 0.252 e. The van der Waals surface area contributed by atoms with Gasteiger partial charge in [-0.2, -0.15) is 0 Å². The molecular weight excluding hydrogens is 364 g/mol. The Kier molecular flexibility index (Phi) is 8.12. The Morgan fingerprint density at radius 1 is 1.28 bits per heavy atom. The zero-order valence-electron chi connectivity index (χ0n) is 19.2. The van der Waals surface area contributed by atoms with Gasteiger partial charge in [-0.15, -0.1) is 0 Å². The summed E-state index contributed by atoms with van der Waals surface area (Å²) in [6.45, 7) is 8.40. The molecule has 29 heavy (non-hydrogen) atoms. The van der Waals surface area contributed by atoms with Crippen LogP contribution >= 0.6 is 0 Å². The molecule has 2 N–H and O–H groups in total. The van der Waals surface area contributed by atoms with Crippen molar-refractivity contribution in [2.24, 2.45) is 17.8 Å². The molecule has 1 saturated carbocycles. The number of carbonyl (C=O) groups is 1. The predicted octanol–water partition coefficient (Wildman–Crippen LogP) is 3.25. The van der Waals surface area contributed by atoms with Crippen LogP contribution in [0.25, 0.3) is 0 Å². The van der Waals surface area contributed by atoms with Crippen molar-refractivity contribution in [2.45, 2.75) is 52.1 Å². The highest BCUT2D eigenvalue weighted by molar-refractivity contribution is 5.85. The van der Waals surface area contributed by atoms with Crippen LogP contribution in [-0.4, -0.2) is 61.9 Å². The van der Waals surface area contributed by atoms with Gasteiger partial charge in [0.25, 0.3) is 5.91 Å². The normalized spacial score (nSPS) is 25.1. The van der Waals surface area contributed by atoms with Crippen molar-refractivity contribution >= 4 is 5.91 Å². The van der Waals surface area contributed by atoms with E-state index in [9.17, 15) is 9.90 Å². The molecule has 0 aromatic heterocycles. The molecule has 3 atom stereocenters. The van der Waals surface area contributed by atoms with Crippen LogP contribution in [0, 0.1) is 17.8 Å². The average Bonchev–Trinajstić information content (AvgIpc) is 2.61. The molecule has 2 rings (SSSR count). The molecular formula is C24H41N2O3+. The van der Waals surface area contributed by atoms with E-state index >= 15 is 0 Å². The molecule has 0 spiro atoms. The number of hydrogen-bond acceptors (Lipinski definition) is 3. The van der Waals surface area contributed by atoms with E-state index < -0.39 is 5.60 Å². The van der Waals surface area contributed by atoms with Gasteiger partial charge in [-0.3, -0.25) is 4.79 Å². The summed E-state index contributed by atoms with van der Waals surface area (Å²) in [5.74, 6) is 1.33. The molecule has 0 radical (unpaired) electrons. The zero-order chi connectivity index (χ0) is 21.7. The quantitative estimate of drug-likeness (QED) is 0.620. The second kappa shape index (κ2) is 9.94. The van der Waals surface area contributed by atoms with Crippen LogP contribution in [0.3, 0.4) is 0 Å². The predicted molar refractivity (Wildman–Crippen MR) is 118 cm³/mol. The van der Waals surface area contributed by atoms with Gasteiger partial charge >= 0.3 is 0 Å². The van der Waals surface area contributed by atoms with E-state index in [-0.39, 0.29) is 17.7 Å². The van der Waals surface area contributed by atoms with Gasteiger partial charge in [0.05, 0.1) is 21.1 Å². The number of likely N-dealkylation sites (N-methyl/N-ethyl adjacent to an activating group) is 1. The maximum absolute atomic E-state index is 12.9. The van der Waals surface area contributed by atoms with E-state index in [1.807, 2.05) is 24.3 Å². The lowest BCUT2D eigenvalue weighted by atomic mass is 9.66. The summed E-state index contributed by atoms with van der Waals surface area (Å²) in [5, 5.41) is 14.3. The van der Waals surface area contributed by atoms with E-state index in [4.69, 9.17) is 4.74 Å². The van der Waals surface area contributed by atoms with E-state index in [1.165, 1.54) is 0 Å². The van der Waals surface area contributed by atoms with Crippen molar-refractivity contribution < 1.29 is 19.1 Å². The van der Waals surface area contributed by atoms with Gasteiger partial charge in [-0.25, -0.2) is 0 Å². The second-order valence-electron chi connectivity index (χ2n) is 10.1. The number of rotatable bonds is 9. The van der Waals surface area contributed by atoms with Gasteiger partial charge in [0.2, 0.25) is 0 Å². The molecule has 1 aromatic carbocycles. The number of quaternary nitrogens is 1. The summed E-state index contributed by atoms with van der Waals surface area (Å²) in [6, 6.07) is 8.00. The summed E-state index contributed by atoms with van der Waals surface area (Å²) in [6.07, 6.45) is 3.22. The Morgan fingerprint density at radius 3 is 2.62 bits per heavy atom. The lowest BCUT2D eigenvalue weighted by molar-refractivity contribution is -0.870. The molecule has 1 amide bonds.